The Labute approximate surface area is 212 Å². The molecular weight excluding hydrogens is 491 g/mol. The number of alkyl halides is 1. The van der Waals surface area contributed by atoms with E-state index < -0.39 is 34.9 Å². The van der Waals surface area contributed by atoms with Gasteiger partial charge in [-0.3, -0.25) is 9.88 Å². The predicted molar refractivity (Wildman–Crippen MR) is 130 cm³/mol. The first-order chi connectivity index (χ1) is 17.7. The molecule has 1 aliphatic rings. The standard InChI is InChI=1S/C28H27F5N2O2/c1-37-20-4-5-25-21(15-20)26(24(32)16-34-25)22(30)6-7-28(17-36)8-11-35(12-9-28)10-2-3-18-13-19(29)14-23(31)27(18)33/h4-5,13-16,22,36H,6-12,17H2,1H3. The molecule has 9 heteroatoms. The molecule has 2 heterocycles. The van der Waals surface area contributed by atoms with E-state index in [9.17, 15) is 22.7 Å². The van der Waals surface area contributed by atoms with Crippen LogP contribution in [0.3, 0.4) is 0 Å². The molecule has 196 valence electrons. The number of benzene rings is 2. The van der Waals surface area contributed by atoms with Crippen molar-refractivity contribution in [1.29, 1.82) is 0 Å². The molecule has 2 aromatic carbocycles. The molecule has 1 atom stereocenters. The lowest BCUT2D eigenvalue weighted by molar-refractivity contribution is 0.0343. The first-order valence-electron chi connectivity index (χ1n) is 12.0. The quantitative estimate of drug-likeness (QED) is 0.247. The van der Waals surface area contributed by atoms with Crippen molar-refractivity contribution >= 4 is 10.9 Å². The number of ether oxygens (including phenoxy) is 1. The molecule has 0 saturated carbocycles. The second kappa shape index (κ2) is 11.4. The van der Waals surface area contributed by atoms with Gasteiger partial charge in [-0.1, -0.05) is 11.8 Å². The highest BCUT2D eigenvalue weighted by molar-refractivity contribution is 5.84. The van der Waals surface area contributed by atoms with E-state index in [1.165, 1.54) is 7.11 Å². The van der Waals surface area contributed by atoms with Crippen molar-refractivity contribution in [2.45, 2.75) is 31.9 Å². The highest BCUT2D eigenvalue weighted by Gasteiger charge is 2.35. The average molecular weight is 519 g/mol. The van der Waals surface area contributed by atoms with Crippen molar-refractivity contribution in [3.8, 4) is 17.6 Å². The molecule has 1 fully saturated rings. The third-order valence-corrected chi connectivity index (χ3v) is 7.08. The molecule has 1 aliphatic heterocycles. The second-order valence-electron chi connectivity index (χ2n) is 9.39. The molecule has 1 saturated heterocycles. The number of halogens is 5. The van der Waals surface area contributed by atoms with Crippen LogP contribution >= 0.6 is 0 Å². The van der Waals surface area contributed by atoms with Crippen molar-refractivity contribution in [1.82, 2.24) is 9.88 Å². The summed E-state index contributed by atoms with van der Waals surface area (Å²) in [6.07, 6.45) is 0.930. The van der Waals surface area contributed by atoms with Crippen LogP contribution < -0.4 is 4.74 Å². The highest BCUT2D eigenvalue weighted by Crippen LogP contribution is 2.40. The Bertz CT molecular complexity index is 1330. The number of pyridine rings is 1. The maximum absolute atomic E-state index is 15.4. The van der Waals surface area contributed by atoms with Gasteiger partial charge in [0, 0.05) is 23.6 Å². The second-order valence-corrected chi connectivity index (χ2v) is 9.39. The Morgan fingerprint density at radius 3 is 2.57 bits per heavy atom. The van der Waals surface area contributed by atoms with Gasteiger partial charge in [0.05, 0.1) is 30.9 Å². The Kier molecular flexibility index (Phi) is 8.30. The fourth-order valence-electron chi connectivity index (χ4n) is 4.76. The van der Waals surface area contributed by atoms with Crippen molar-refractivity contribution in [3.05, 3.63) is 70.9 Å². The van der Waals surface area contributed by atoms with E-state index in [4.69, 9.17) is 4.74 Å². The fourth-order valence-corrected chi connectivity index (χ4v) is 4.76. The largest absolute Gasteiger partial charge is 0.497 e. The summed E-state index contributed by atoms with van der Waals surface area (Å²) in [5.74, 6) is 1.57. The van der Waals surface area contributed by atoms with Gasteiger partial charge in [0.15, 0.2) is 11.6 Å². The van der Waals surface area contributed by atoms with Crippen LogP contribution in [0.25, 0.3) is 10.9 Å². The minimum absolute atomic E-state index is 0.0258. The summed E-state index contributed by atoms with van der Waals surface area (Å²) < 4.78 is 75.7. The van der Waals surface area contributed by atoms with Crippen LogP contribution in [-0.4, -0.2) is 48.3 Å². The molecule has 37 heavy (non-hydrogen) atoms. The zero-order valence-electron chi connectivity index (χ0n) is 20.3. The zero-order valence-corrected chi connectivity index (χ0v) is 20.3. The van der Waals surface area contributed by atoms with Crippen molar-refractivity contribution in [2.75, 3.05) is 33.4 Å². The topological polar surface area (TPSA) is 45.6 Å². The summed E-state index contributed by atoms with van der Waals surface area (Å²) in [6, 6.07) is 6.20. The highest BCUT2D eigenvalue weighted by atomic mass is 19.2. The van der Waals surface area contributed by atoms with E-state index in [-0.39, 0.29) is 30.7 Å². The summed E-state index contributed by atoms with van der Waals surface area (Å²) in [5, 5.41) is 10.5. The number of aliphatic hydroxyl groups excluding tert-OH is 1. The van der Waals surface area contributed by atoms with Crippen LogP contribution in [0.5, 0.6) is 5.75 Å². The molecule has 1 N–H and O–H groups in total. The van der Waals surface area contributed by atoms with Gasteiger partial charge in [0.1, 0.15) is 23.6 Å². The predicted octanol–water partition coefficient (Wildman–Crippen LogP) is 5.72. The monoisotopic (exact) mass is 518 g/mol. The summed E-state index contributed by atoms with van der Waals surface area (Å²) in [4.78, 5) is 6.01. The molecule has 1 aromatic heterocycles. The molecule has 1 unspecified atom stereocenters. The third kappa shape index (κ3) is 6.03. The first kappa shape index (κ1) is 26.8. The number of methoxy groups -OCH3 is 1. The molecule has 3 aromatic rings. The first-order valence-corrected chi connectivity index (χ1v) is 12.0. The maximum Gasteiger partial charge on any atom is 0.174 e. The van der Waals surface area contributed by atoms with Gasteiger partial charge in [-0.25, -0.2) is 22.0 Å². The Hall–Kier alpha value is -3.22. The number of fused-ring (bicyclic) bond motifs is 1. The number of aliphatic hydroxyl groups is 1. The van der Waals surface area contributed by atoms with E-state index in [0.29, 0.717) is 55.1 Å². The minimum Gasteiger partial charge on any atom is -0.497 e. The summed E-state index contributed by atoms with van der Waals surface area (Å²) in [7, 11) is 1.48. The third-order valence-electron chi connectivity index (χ3n) is 7.08. The molecule has 0 aliphatic carbocycles. The van der Waals surface area contributed by atoms with E-state index in [0.717, 1.165) is 12.3 Å². The van der Waals surface area contributed by atoms with Crippen molar-refractivity contribution < 1.29 is 31.8 Å². The number of hydrogen-bond donors (Lipinski definition) is 1. The van der Waals surface area contributed by atoms with Gasteiger partial charge >= 0.3 is 0 Å². The Balaban J connectivity index is 1.38. The number of hydrogen-bond acceptors (Lipinski definition) is 4. The number of likely N-dealkylation sites (tertiary alicyclic amines) is 1. The van der Waals surface area contributed by atoms with Gasteiger partial charge in [-0.15, -0.1) is 0 Å². The molecule has 0 bridgehead atoms. The Morgan fingerprint density at radius 2 is 1.86 bits per heavy atom. The number of nitrogens with zero attached hydrogens (tertiary/aromatic N) is 2. The van der Waals surface area contributed by atoms with Crippen LogP contribution in [0, 0.1) is 40.5 Å². The van der Waals surface area contributed by atoms with Gasteiger partial charge in [-0.2, -0.15) is 0 Å². The smallest absolute Gasteiger partial charge is 0.174 e. The lowest BCUT2D eigenvalue weighted by Gasteiger charge is -2.40. The lowest BCUT2D eigenvalue weighted by atomic mass is 9.74. The lowest BCUT2D eigenvalue weighted by Crippen LogP contribution is -2.42. The average Bonchev–Trinajstić information content (AvgIpc) is 2.90. The summed E-state index contributed by atoms with van der Waals surface area (Å²) in [6.45, 7) is 1.22. The Morgan fingerprint density at radius 1 is 1.11 bits per heavy atom. The van der Waals surface area contributed by atoms with Crippen LogP contribution in [0.4, 0.5) is 22.0 Å². The van der Waals surface area contributed by atoms with E-state index >= 15 is 4.39 Å². The van der Waals surface area contributed by atoms with E-state index in [2.05, 4.69) is 16.8 Å². The number of aromatic nitrogens is 1. The molecular formula is C28H27F5N2O2. The van der Waals surface area contributed by atoms with Crippen LogP contribution in [0.2, 0.25) is 0 Å². The van der Waals surface area contributed by atoms with Crippen molar-refractivity contribution in [2.24, 2.45) is 5.41 Å². The van der Waals surface area contributed by atoms with E-state index in [1.807, 2.05) is 4.90 Å². The van der Waals surface area contributed by atoms with Crippen LogP contribution in [0.15, 0.2) is 36.5 Å². The number of piperidine rings is 1. The zero-order chi connectivity index (χ0) is 26.6. The fraction of sp³-hybridized carbons (Fsp3) is 0.393. The molecule has 0 radical (unpaired) electrons. The normalized spacial score (nSPS) is 16.3. The maximum atomic E-state index is 15.4. The van der Waals surface area contributed by atoms with Crippen LogP contribution in [0.1, 0.15) is 43.0 Å². The van der Waals surface area contributed by atoms with Gasteiger partial charge in [-0.05, 0) is 68.5 Å². The van der Waals surface area contributed by atoms with Crippen molar-refractivity contribution in [3.63, 3.8) is 0 Å². The molecule has 0 spiro atoms. The molecule has 0 amide bonds. The molecule has 4 nitrogen and oxygen atoms in total. The SMILES string of the molecule is COc1ccc2ncc(F)c(C(F)CCC3(CO)CCN(CC#Cc4cc(F)cc(F)c4F)CC3)c2c1. The van der Waals surface area contributed by atoms with Crippen LogP contribution in [-0.2, 0) is 0 Å². The van der Waals surface area contributed by atoms with Gasteiger partial charge in [0.2, 0.25) is 0 Å². The van der Waals surface area contributed by atoms with Gasteiger partial charge < -0.3 is 9.84 Å². The molecule has 4 rings (SSSR count). The number of rotatable bonds is 7. The summed E-state index contributed by atoms with van der Waals surface area (Å²) in [5.41, 5.74) is -0.470. The summed E-state index contributed by atoms with van der Waals surface area (Å²) >= 11 is 0. The van der Waals surface area contributed by atoms with Gasteiger partial charge in [0.25, 0.3) is 0 Å². The van der Waals surface area contributed by atoms with E-state index in [1.54, 1.807) is 18.2 Å². The minimum atomic E-state index is -1.59.